The van der Waals surface area contributed by atoms with Gasteiger partial charge in [-0.05, 0) is 36.2 Å². The largest absolute Gasteiger partial charge is 0.493 e. The summed E-state index contributed by atoms with van der Waals surface area (Å²) >= 11 is 0. The van der Waals surface area contributed by atoms with Crippen LogP contribution in [0.4, 0.5) is 5.69 Å². The molecule has 0 aliphatic rings. The average molecular weight is 309 g/mol. The molecule has 2 aromatic carbocycles. The molecular formula is C20H23NO2. The van der Waals surface area contributed by atoms with Crippen LogP contribution >= 0.6 is 0 Å². The molecule has 0 heterocycles. The molecule has 2 rings (SSSR count). The SMILES string of the molecule is C=CCOc1c(CC=C)cc(CNc2ccccc2)cc1OC. The Morgan fingerprint density at radius 1 is 1.09 bits per heavy atom. The number of ether oxygens (including phenoxy) is 2. The highest BCUT2D eigenvalue weighted by atomic mass is 16.5. The van der Waals surface area contributed by atoms with Crippen LogP contribution in [0.15, 0.2) is 67.8 Å². The van der Waals surface area contributed by atoms with E-state index in [2.05, 4.69) is 24.5 Å². The molecule has 0 saturated carbocycles. The van der Waals surface area contributed by atoms with Gasteiger partial charge in [-0.2, -0.15) is 0 Å². The van der Waals surface area contributed by atoms with E-state index in [1.54, 1.807) is 13.2 Å². The van der Waals surface area contributed by atoms with Crippen LogP contribution in [0.25, 0.3) is 0 Å². The molecule has 0 unspecified atom stereocenters. The molecule has 2 aromatic rings. The Morgan fingerprint density at radius 3 is 2.52 bits per heavy atom. The Kier molecular flexibility index (Phi) is 6.30. The highest BCUT2D eigenvalue weighted by Gasteiger charge is 2.12. The fourth-order valence-electron chi connectivity index (χ4n) is 2.35. The predicted octanol–water partition coefficient (Wildman–Crippen LogP) is 4.60. The molecule has 120 valence electrons. The monoisotopic (exact) mass is 309 g/mol. The van der Waals surface area contributed by atoms with Crippen molar-refractivity contribution in [2.75, 3.05) is 19.0 Å². The first-order valence-electron chi connectivity index (χ1n) is 7.61. The first-order valence-corrected chi connectivity index (χ1v) is 7.61. The van der Waals surface area contributed by atoms with E-state index < -0.39 is 0 Å². The molecule has 3 nitrogen and oxygen atoms in total. The number of hydrogen-bond acceptors (Lipinski definition) is 3. The topological polar surface area (TPSA) is 30.5 Å². The molecule has 0 saturated heterocycles. The standard InChI is InChI=1S/C20H23NO2/c1-4-9-17-13-16(15-21-18-10-7-6-8-11-18)14-19(22-3)20(17)23-12-5-2/h4-8,10-11,13-14,21H,1-2,9,12,15H2,3H3. The molecule has 0 aromatic heterocycles. The van der Waals surface area contributed by atoms with Gasteiger partial charge in [-0.25, -0.2) is 0 Å². The fourth-order valence-corrected chi connectivity index (χ4v) is 2.35. The number of anilines is 1. The molecule has 3 heteroatoms. The highest BCUT2D eigenvalue weighted by Crippen LogP contribution is 2.34. The molecule has 1 N–H and O–H groups in total. The zero-order valence-corrected chi connectivity index (χ0v) is 13.5. The van der Waals surface area contributed by atoms with Gasteiger partial charge in [0, 0.05) is 17.8 Å². The van der Waals surface area contributed by atoms with Crippen LogP contribution < -0.4 is 14.8 Å². The van der Waals surface area contributed by atoms with E-state index >= 15 is 0 Å². The van der Waals surface area contributed by atoms with Crippen molar-refractivity contribution in [3.8, 4) is 11.5 Å². The van der Waals surface area contributed by atoms with Crippen LogP contribution in [0.3, 0.4) is 0 Å². The van der Waals surface area contributed by atoms with Gasteiger partial charge in [0.15, 0.2) is 11.5 Å². The summed E-state index contributed by atoms with van der Waals surface area (Å²) in [6, 6.07) is 14.2. The van der Waals surface area contributed by atoms with Crippen molar-refractivity contribution >= 4 is 5.69 Å². The fraction of sp³-hybridized carbons (Fsp3) is 0.200. The molecule has 0 aliphatic heterocycles. The molecule has 0 atom stereocenters. The summed E-state index contributed by atoms with van der Waals surface area (Å²) in [7, 11) is 1.65. The van der Waals surface area contributed by atoms with E-state index in [1.165, 1.54) is 0 Å². The van der Waals surface area contributed by atoms with Gasteiger partial charge in [0.05, 0.1) is 7.11 Å². The molecule has 0 fully saturated rings. The summed E-state index contributed by atoms with van der Waals surface area (Å²) in [5.41, 5.74) is 3.28. The lowest BCUT2D eigenvalue weighted by molar-refractivity contribution is 0.323. The second kappa shape index (κ2) is 8.69. The molecule has 0 bridgehead atoms. The van der Waals surface area contributed by atoms with E-state index in [0.717, 1.165) is 34.7 Å². The minimum absolute atomic E-state index is 0.447. The number of nitrogens with one attached hydrogen (secondary N) is 1. The normalized spacial score (nSPS) is 9.96. The van der Waals surface area contributed by atoms with Crippen LogP contribution in [0.5, 0.6) is 11.5 Å². The number of allylic oxidation sites excluding steroid dienone is 1. The summed E-state index contributed by atoms with van der Waals surface area (Å²) in [6.45, 7) is 8.68. The van der Waals surface area contributed by atoms with Gasteiger partial charge in [0.2, 0.25) is 0 Å². The Hall–Kier alpha value is -2.68. The van der Waals surface area contributed by atoms with Crippen molar-refractivity contribution in [1.82, 2.24) is 0 Å². The summed E-state index contributed by atoms with van der Waals surface area (Å²) < 4.78 is 11.3. The minimum atomic E-state index is 0.447. The lowest BCUT2D eigenvalue weighted by Crippen LogP contribution is -2.04. The Morgan fingerprint density at radius 2 is 1.87 bits per heavy atom. The first-order chi connectivity index (χ1) is 11.3. The maximum Gasteiger partial charge on any atom is 0.165 e. The van der Waals surface area contributed by atoms with E-state index in [9.17, 15) is 0 Å². The number of methoxy groups -OCH3 is 1. The van der Waals surface area contributed by atoms with E-state index in [1.807, 2.05) is 42.5 Å². The minimum Gasteiger partial charge on any atom is -0.493 e. The smallest absolute Gasteiger partial charge is 0.165 e. The zero-order valence-electron chi connectivity index (χ0n) is 13.5. The van der Waals surface area contributed by atoms with Crippen molar-refractivity contribution in [3.63, 3.8) is 0 Å². The van der Waals surface area contributed by atoms with E-state index in [-0.39, 0.29) is 0 Å². The van der Waals surface area contributed by atoms with Crippen LogP contribution in [0.1, 0.15) is 11.1 Å². The summed E-state index contributed by atoms with van der Waals surface area (Å²) in [4.78, 5) is 0. The van der Waals surface area contributed by atoms with Gasteiger partial charge >= 0.3 is 0 Å². The zero-order chi connectivity index (χ0) is 16.5. The first kappa shape index (κ1) is 16.7. The van der Waals surface area contributed by atoms with Crippen molar-refractivity contribution in [1.29, 1.82) is 0 Å². The van der Waals surface area contributed by atoms with E-state index in [4.69, 9.17) is 9.47 Å². The molecule has 0 amide bonds. The van der Waals surface area contributed by atoms with Crippen LogP contribution in [-0.4, -0.2) is 13.7 Å². The van der Waals surface area contributed by atoms with Crippen LogP contribution in [0, 0.1) is 0 Å². The van der Waals surface area contributed by atoms with Gasteiger partial charge in [-0.3, -0.25) is 0 Å². The average Bonchev–Trinajstić information content (AvgIpc) is 2.59. The summed E-state index contributed by atoms with van der Waals surface area (Å²) in [6.07, 6.45) is 4.31. The second-order valence-electron chi connectivity index (χ2n) is 5.10. The third-order valence-electron chi connectivity index (χ3n) is 3.39. The highest BCUT2D eigenvalue weighted by molar-refractivity contribution is 5.51. The number of para-hydroxylation sites is 1. The number of benzene rings is 2. The maximum atomic E-state index is 5.77. The third-order valence-corrected chi connectivity index (χ3v) is 3.39. The van der Waals surface area contributed by atoms with Crippen molar-refractivity contribution in [2.45, 2.75) is 13.0 Å². The summed E-state index contributed by atoms with van der Waals surface area (Å²) in [5.74, 6) is 1.49. The number of rotatable bonds is 9. The van der Waals surface area contributed by atoms with Crippen LogP contribution in [-0.2, 0) is 13.0 Å². The lowest BCUT2D eigenvalue weighted by atomic mass is 10.1. The van der Waals surface area contributed by atoms with Gasteiger partial charge in [0.25, 0.3) is 0 Å². The molecular weight excluding hydrogens is 286 g/mol. The quantitative estimate of drug-likeness (QED) is 0.687. The second-order valence-corrected chi connectivity index (χ2v) is 5.10. The van der Waals surface area contributed by atoms with Crippen molar-refractivity contribution < 1.29 is 9.47 Å². The summed E-state index contributed by atoms with van der Waals surface area (Å²) in [5, 5.41) is 3.41. The van der Waals surface area contributed by atoms with E-state index in [0.29, 0.717) is 13.2 Å². The van der Waals surface area contributed by atoms with Crippen molar-refractivity contribution in [3.05, 3.63) is 78.9 Å². The third kappa shape index (κ3) is 4.65. The van der Waals surface area contributed by atoms with Gasteiger partial charge in [0.1, 0.15) is 6.61 Å². The van der Waals surface area contributed by atoms with Gasteiger partial charge < -0.3 is 14.8 Å². The predicted molar refractivity (Wildman–Crippen MR) is 96.4 cm³/mol. The molecule has 0 radical (unpaired) electrons. The van der Waals surface area contributed by atoms with Crippen LogP contribution in [0.2, 0.25) is 0 Å². The van der Waals surface area contributed by atoms with Gasteiger partial charge in [-0.1, -0.05) is 36.9 Å². The Labute approximate surface area is 138 Å². The van der Waals surface area contributed by atoms with Crippen molar-refractivity contribution in [2.24, 2.45) is 0 Å². The Bertz CT molecular complexity index is 650. The lowest BCUT2D eigenvalue weighted by Gasteiger charge is -2.16. The molecule has 0 spiro atoms. The molecule has 23 heavy (non-hydrogen) atoms. The maximum absolute atomic E-state index is 5.77. The molecule has 0 aliphatic carbocycles. The van der Waals surface area contributed by atoms with Gasteiger partial charge in [-0.15, -0.1) is 6.58 Å². The Balaban J connectivity index is 2.24. The number of hydrogen-bond donors (Lipinski definition) is 1.